The van der Waals surface area contributed by atoms with Crippen molar-refractivity contribution in [2.75, 3.05) is 0 Å². The van der Waals surface area contributed by atoms with E-state index in [9.17, 15) is 9.59 Å². The molecule has 0 unspecified atom stereocenters. The zero-order chi connectivity index (χ0) is 17.2. The van der Waals surface area contributed by atoms with Crippen molar-refractivity contribution in [3.8, 4) is 0 Å². The number of benzene rings is 1. The van der Waals surface area contributed by atoms with Crippen LogP contribution >= 0.6 is 11.6 Å². The van der Waals surface area contributed by atoms with Crippen LogP contribution in [0.15, 0.2) is 30.5 Å². The lowest BCUT2D eigenvalue weighted by Crippen LogP contribution is -2.45. The van der Waals surface area contributed by atoms with Gasteiger partial charge < -0.3 is 10.4 Å². The summed E-state index contributed by atoms with van der Waals surface area (Å²) >= 11 is 5.95. The molecule has 8 heteroatoms. The fourth-order valence-corrected chi connectivity index (χ4v) is 3.29. The van der Waals surface area contributed by atoms with Crippen molar-refractivity contribution >= 4 is 23.5 Å². The summed E-state index contributed by atoms with van der Waals surface area (Å²) in [4.78, 5) is 23.2. The summed E-state index contributed by atoms with van der Waals surface area (Å²) in [6, 6.07) is 7.51. The van der Waals surface area contributed by atoms with Gasteiger partial charge in [0, 0.05) is 5.02 Å². The predicted molar refractivity (Wildman–Crippen MR) is 86.7 cm³/mol. The fourth-order valence-electron chi connectivity index (χ4n) is 3.16. The summed E-state index contributed by atoms with van der Waals surface area (Å²) in [7, 11) is 0. The first-order chi connectivity index (χ1) is 11.5. The molecule has 0 bridgehead atoms. The van der Waals surface area contributed by atoms with E-state index in [1.165, 1.54) is 10.9 Å². The van der Waals surface area contributed by atoms with Crippen molar-refractivity contribution in [2.24, 2.45) is 0 Å². The largest absolute Gasteiger partial charge is 0.476 e. The fraction of sp³-hybridized carbons (Fsp3) is 0.375. The highest BCUT2D eigenvalue weighted by molar-refractivity contribution is 6.30. The summed E-state index contributed by atoms with van der Waals surface area (Å²) in [5.41, 5.74) is 0.441. The van der Waals surface area contributed by atoms with Crippen molar-refractivity contribution in [3.05, 3.63) is 46.7 Å². The molecule has 1 amide bonds. The second kappa shape index (κ2) is 6.60. The zero-order valence-corrected chi connectivity index (χ0v) is 13.7. The molecule has 0 saturated heterocycles. The van der Waals surface area contributed by atoms with Gasteiger partial charge in [0.15, 0.2) is 5.69 Å². The lowest BCUT2D eigenvalue weighted by molar-refractivity contribution is -0.124. The molecule has 1 aliphatic carbocycles. The van der Waals surface area contributed by atoms with Gasteiger partial charge in [-0.1, -0.05) is 41.8 Å². The highest BCUT2D eigenvalue weighted by atomic mass is 35.5. The van der Waals surface area contributed by atoms with E-state index in [-0.39, 0.29) is 18.1 Å². The number of aromatic nitrogens is 3. The van der Waals surface area contributed by atoms with E-state index < -0.39 is 11.5 Å². The maximum absolute atomic E-state index is 12.4. The summed E-state index contributed by atoms with van der Waals surface area (Å²) in [5.74, 6) is -1.40. The van der Waals surface area contributed by atoms with Gasteiger partial charge in [0.05, 0.1) is 11.7 Å². The van der Waals surface area contributed by atoms with E-state index in [1.54, 1.807) is 0 Å². The van der Waals surface area contributed by atoms with Crippen LogP contribution in [0.5, 0.6) is 0 Å². The number of carboxylic acid groups (broad SMARTS) is 1. The van der Waals surface area contributed by atoms with Gasteiger partial charge in [0.1, 0.15) is 6.54 Å². The maximum Gasteiger partial charge on any atom is 0.358 e. The van der Waals surface area contributed by atoms with Crippen LogP contribution in [-0.2, 0) is 16.9 Å². The third-order valence-corrected chi connectivity index (χ3v) is 4.55. The van der Waals surface area contributed by atoms with Crippen LogP contribution in [0, 0.1) is 0 Å². The number of amides is 1. The maximum atomic E-state index is 12.4. The summed E-state index contributed by atoms with van der Waals surface area (Å²) in [6.45, 7) is -0.0738. The van der Waals surface area contributed by atoms with Crippen molar-refractivity contribution < 1.29 is 14.7 Å². The van der Waals surface area contributed by atoms with Crippen LogP contribution in [0.3, 0.4) is 0 Å². The van der Waals surface area contributed by atoms with Crippen LogP contribution in [0.2, 0.25) is 5.02 Å². The molecule has 2 N–H and O–H groups in total. The molecule has 1 aromatic heterocycles. The van der Waals surface area contributed by atoms with E-state index in [2.05, 4.69) is 15.6 Å². The highest BCUT2D eigenvalue weighted by Gasteiger charge is 2.37. The molecule has 1 fully saturated rings. The Hall–Kier alpha value is -2.41. The predicted octanol–water partition coefficient (Wildman–Crippen LogP) is 2.22. The zero-order valence-electron chi connectivity index (χ0n) is 12.9. The van der Waals surface area contributed by atoms with E-state index in [0.717, 1.165) is 31.2 Å². The normalized spacial score (nSPS) is 16.0. The molecule has 0 atom stereocenters. The molecule has 2 aromatic rings. The van der Waals surface area contributed by atoms with Crippen LogP contribution in [0.25, 0.3) is 0 Å². The lowest BCUT2D eigenvalue weighted by atomic mass is 9.88. The quantitative estimate of drug-likeness (QED) is 0.863. The first kappa shape index (κ1) is 16.4. The number of rotatable bonds is 5. The Bertz CT molecular complexity index is 751. The Balaban J connectivity index is 1.74. The second-order valence-electron chi connectivity index (χ2n) is 5.95. The van der Waals surface area contributed by atoms with Crippen LogP contribution < -0.4 is 5.32 Å². The molecule has 1 heterocycles. The molecule has 1 aliphatic rings. The average molecular weight is 349 g/mol. The standard InChI is InChI=1S/C16H17ClN4O3/c17-12-5-3-11(4-6-12)16(7-1-2-8-16)18-14(22)10-21-9-13(15(23)24)19-20-21/h3-6,9H,1-2,7-8,10H2,(H,18,22)(H,23,24). The molecule has 24 heavy (non-hydrogen) atoms. The lowest BCUT2D eigenvalue weighted by Gasteiger charge is -2.31. The van der Waals surface area contributed by atoms with Crippen LogP contribution in [0.4, 0.5) is 0 Å². The topological polar surface area (TPSA) is 97.1 Å². The van der Waals surface area contributed by atoms with Crippen molar-refractivity contribution in [3.63, 3.8) is 0 Å². The Kier molecular flexibility index (Phi) is 4.53. The minimum absolute atomic E-state index is 0.0738. The highest BCUT2D eigenvalue weighted by Crippen LogP contribution is 2.39. The minimum Gasteiger partial charge on any atom is -0.476 e. The number of carboxylic acids is 1. The van der Waals surface area contributed by atoms with E-state index in [0.29, 0.717) is 5.02 Å². The van der Waals surface area contributed by atoms with Crippen LogP contribution in [-0.4, -0.2) is 32.0 Å². The molecule has 0 aliphatic heterocycles. The van der Waals surface area contributed by atoms with E-state index in [4.69, 9.17) is 16.7 Å². The van der Waals surface area contributed by atoms with Gasteiger partial charge in [0.2, 0.25) is 5.91 Å². The Morgan fingerprint density at radius 3 is 2.50 bits per heavy atom. The number of hydrogen-bond donors (Lipinski definition) is 2. The minimum atomic E-state index is -1.17. The van der Waals surface area contributed by atoms with E-state index >= 15 is 0 Å². The summed E-state index contributed by atoms with van der Waals surface area (Å²) < 4.78 is 1.23. The number of aromatic carboxylic acids is 1. The Morgan fingerprint density at radius 1 is 1.25 bits per heavy atom. The SMILES string of the molecule is O=C(Cn1cc(C(=O)O)nn1)NC1(c2ccc(Cl)cc2)CCCC1. The number of carbonyl (C=O) groups is 2. The van der Waals surface area contributed by atoms with Crippen molar-refractivity contribution in [1.82, 2.24) is 20.3 Å². The van der Waals surface area contributed by atoms with Gasteiger partial charge in [-0.25, -0.2) is 9.48 Å². The average Bonchev–Trinajstić information content (AvgIpc) is 3.18. The second-order valence-corrected chi connectivity index (χ2v) is 6.39. The number of nitrogens with zero attached hydrogens (tertiary/aromatic N) is 3. The number of hydrogen-bond acceptors (Lipinski definition) is 4. The first-order valence-corrected chi connectivity index (χ1v) is 8.07. The molecule has 126 valence electrons. The summed E-state index contributed by atoms with van der Waals surface area (Å²) in [5, 5.41) is 19.8. The molecule has 0 radical (unpaired) electrons. The Morgan fingerprint density at radius 2 is 1.92 bits per heavy atom. The molecular formula is C16H17ClN4O3. The molecule has 0 spiro atoms. The monoisotopic (exact) mass is 348 g/mol. The molecule has 1 saturated carbocycles. The molecule has 7 nitrogen and oxygen atoms in total. The Labute approximate surface area is 143 Å². The van der Waals surface area contributed by atoms with Gasteiger partial charge in [-0.05, 0) is 30.5 Å². The number of nitrogens with one attached hydrogen (secondary N) is 1. The third kappa shape index (κ3) is 3.41. The smallest absolute Gasteiger partial charge is 0.358 e. The van der Waals surface area contributed by atoms with Crippen molar-refractivity contribution in [2.45, 2.75) is 37.8 Å². The third-order valence-electron chi connectivity index (χ3n) is 4.30. The van der Waals surface area contributed by atoms with E-state index in [1.807, 2.05) is 24.3 Å². The van der Waals surface area contributed by atoms with Gasteiger partial charge >= 0.3 is 5.97 Å². The van der Waals surface area contributed by atoms with Gasteiger partial charge in [-0.3, -0.25) is 4.79 Å². The molecular weight excluding hydrogens is 332 g/mol. The van der Waals surface area contributed by atoms with Gasteiger partial charge in [-0.2, -0.15) is 0 Å². The summed E-state index contributed by atoms with van der Waals surface area (Å²) in [6.07, 6.45) is 5.03. The number of halogens is 1. The molecule has 3 rings (SSSR count). The van der Waals surface area contributed by atoms with Gasteiger partial charge in [0.25, 0.3) is 0 Å². The number of carbonyl (C=O) groups excluding carboxylic acids is 1. The van der Waals surface area contributed by atoms with Crippen molar-refractivity contribution in [1.29, 1.82) is 0 Å². The molecule has 1 aromatic carbocycles. The first-order valence-electron chi connectivity index (χ1n) is 7.69. The van der Waals surface area contributed by atoms with Crippen LogP contribution in [0.1, 0.15) is 41.7 Å². The van der Waals surface area contributed by atoms with Gasteiger partial charge in [-0.15, -0.1) is 5.10 Å².